The minimum absolute atomic E-state index is 0.0329. The van der Waals surface area contributed by atoms with Crippen molar-refractivity contribution in [2.24, 2.45) is 0 Å². The summed E-state index contributed by atoms with van der Waals surface area (Å²) in [5, 5.41) is 5.28. The zero-order valence-corrected chi connectivity index (χ0v) is 16.0. The Hall–Kier alpha value is -3.79. The SMILES string of the molecule is O=C(Cn1ccc2ccccc21)Nc1ccc2c(ccn2Cc2ccccc2)c1. The molecule has 5 aromatic rings. The van der Waals surface area contributed by atoms with Crippen molar-refractivity contribution >= 4 is 33.4 Å². The molecule has 4 heteroatoms. The van der Waals surface area contributed by atoms with Crippen molar-refractivity contribution < 1.29 is 4.79 Å². The van der Waals surface area contributed by atoms with Gasteiger partial charge in [-0.15, -0.1) is 0 Å². The van der Waals surface area contributed by atoms with Crippen LogP contribution >= 0.6 is 0 Å². The highest BCUT2D eigenvalue weighted by atomic mass is 16.1. The molecular formula is C25H21N3O. The normalized spacial score (nSPS) is 11.2. The zero-order valence-electron chi connectivity index (χ0n) is 16.0. The predicted molar refractivity (Wildman–Crippen MR) is 118 cm³/mol. The van der Waals surface area contributed by atoms with Gasteiger partial charge >= 0.3 is 0 Å². The molecule has 142 valence electrons. The number of nitrogens with one attached hydrogen (secondary N) is 1. The first-order valence-corrected chi connectivity index (χ1v) is 9.73. The van der Waals surface area contributed by atoms with Crippen LogP contribution in [0.25, 0.3) is 21.8 Å². The van der Waals surface area contributed by atoms with Crippen molar-refractivity contribution in [1.29, 1.82) is 0 Å². The molecular weight excluding hydrogens is 358 g/mol. The Kier molecular flexibility index (Phi) is 4.37. The van der Waals surface area contributed by atoms with Crippen molar-refractivity contribution in [3.8, 4) is 0 Å². The highest BCUT2D eigenvalue weighted by Crippen LogP contribution is 2.22. The largest absolute Gasteiger partial charge is 0.343 e. The van der Waals surface area contributed by atoms with Gasteiger partial charge in [0, 0.05) is 41.0 Å². The van der Waals surface area contributed by atoms with E-state index in [2.05, 4.69) is 58.5 Å². The number of carbonyl (C=O) groups excluding carboxylic acids is 1. The highest BCUT2D eigenvalue weighted by Gasteiger charge is 2.08. The Balaban J connectivity index is 1.32. The number of para-hydroxylation sites is 1. The molecule has 0 bridgehead atoms. The van der Waals surface area contributed by atoms with Gasteiger partial charge in [0.1, 0.15) is 6.54 Å². The average molecular weight is 379 g/mol. The van der Waals surface area contributed by atoms with E-state index in [0.29, 0.717) is 6.54 Å². The lowest BCUT2D eigenvalue weighted by Crippen LogP contribution is -2.18. The maximum atomic E-state index is 12.6. The van der Waals surface area contributed by atoms with Gasteiger partial charge in [-0.3, -0.25) is 4.79 Å². The zero-order chi connectivity index (χ0) is 19.6. The molecule has 0 fully saturated rings. The summed E-state index contributed by atoms with van der Waals surface area (Å²) < 4.78 is 4.20. The molecule has 1 N–H and O–H groups in total. The van der Waals surface area contributed by atoms with E-state index in [9.17, 15) is 4.79 Å². The fourth-order valence-corrected chi connectivity index (χ4v) is 3.83. The van der Waals surface area contributed by atoms with E-state index >= 15 is 0 Å². The summed E-state index contributed by atoms with van der Waals surface area (Å²) in [4.78, 5) is 12.6. The van der Waals surface area contributed by atoms with Crippen molar-refractivity contribution in [2.75, 3.05) is 5.32 Å². The molecule has 5 rings (SSSR count). The van der Waals surface area contributed by atoms with E-state index in [-0.39, 0.29) is 5.91 Å². The van der Waals surface area contributed by atoms with Gasteiger partial charge in [0.2, 0.25) is 5.91 Å². The molecule has 29 heavy (non-hydrogen) atoms. The first kappa shape index (κ1) is 17.3. The van der Waals surface area contributed by atoms with Gasteiger partial charge in [0.15, 0.2) is 0 Å². The topological polar surface area (TPSA) is 39.0 Å². The summed E-state index contributed by atoms with van der Waals surface area (Å²) in [5.74, 6) is -0.0329. The predicted octanol–water partition coefficient (Wildman–Crippen LogP) is 5.28. The lowest BCUT2D eigenvalue weighted by Gasteiger charge is -2.09. The van der Waals surface area contributed by atoms with Crippen LogP contribution in [0.5, 0.6) is 0 Å². The number of anilines is 1. The van der Waals surface area contributed by atoms with Gasteiger partial charge in [0.25, 0.3) is 0 Å². The van der Waals surface area contributed by atoms with Gasteiger partial charge in [-0.25, -0.2) is 0 Å². The van der Waals surface area contributed by atoms with E-state index in [0.717, 1.165) is 34.0 Å². The van der Waals surface area contributed by atoms with E-state index in [4.69, 9.17) is 0 Å². The molecule has 1 amide bonds. The Bertz CT molecular complexity index is 1300. The van der Waals surface area contributed by atoms with Crippen molar-refractivity contribution in [1.82, 2.24) is 9.13 Å². The minimum atomic E-state index is -0.0329. The van der Waals surface area contributed by atoms with Crippen LogP contribution in [-0.4, -0.2) is 15.0 Å². The number of fused-ring (bicyclic) bond motifs is 2. The second kappa shape index (κ2) is 7.32. The number of rotatable bonds is 5. The second-order valence-corrected chi connectivity index (χ2v) is 7.25. The molecule has 0 unspecified atom stereocenters. The summed E-state index contributed by atoms with van der Waals surface area (Å²) in [6, 6.07) is 28.7. The maximum absolute atomic E-state index is 12.6. The van der Waals surface area contributed by atoms with Crippen LogP contribution in [0.3, 0.4) is 0 Å². The molecule has 0 radical (unpaired) electrons. The minimum Gasteiger partial charge on any atom is -0.343 e. The van der Waals surface area contributed by atoms with Crippen LogP contribution < -0.4 is 5.32 Å². The van der Waals surface area contributed by atoms with Gasteiger partial charge in [-0.1, -0.05) is 48.5 Å². The number of carbonyl (C=O) groups is 1. The summed E-state index contributed by atoms with van der Waals surface area (Å²) in [7, 11) is 0. The number of amides is 1. The third-order valence-electron chi connectivity index (χ3n) is 5.24. The number of hydrogen-bond acceptors (Lipinski definition) is 1. The van der Waals surface area contributed by atoms with Crippen LogP contribution in [0.1, 0.15) is 5.56 Å². The fraction of sp³-hybridized carbons (Fsp3) is 0.0800. The molecule has 2 heterocycles. The summed E-state index contributed by atoms with van der Waals surface area (Å²) in [6.45, 7) is 1.12. The Morgan fingerprint density at radius 3 is 2.34 bits per heavy atom. The Morgan fingerprint density at radius 1 is 0.724 bits per heavy atom. The number of benzene rings is 3. The molecule has 0 saturated carbocycles. The number of hydrogen-bond donors (Lipinski definition) is 1. The van der Waals surface area contributed by atoms with Crippen molar-refractivity contribution in [3.05, 3.63) is 103 Å². The van der Waals surface area contributed by atoms with Gasteiger partial charge in [-0.2, -0.15) is 0 Å². The Labute approximate surface area is 169 Å². The molecule has 0 spiro atoms. The van der Waals surface area contributed by atoms with Crippen LogP contribution in [0.4, 0.5) is 5.69 Å². The van der Waals surface area contributed by atoms with Crippen molar-refractivity contribution in [3.63, 3.8) is 0 Å². The second-order valence-electron chi connectivity index (χ2n) is 7.25. The molecule has 0 saturated heterocycles. The third kappa shape index (κ3) is 3.52. The molecule has 2 aromatic heterocycles. The smallest absolute Gasteiger partial charge is 0.244 e. The van der Waals surface area contributed by atoms with E-state index in [1.54, 1.807) is 0 Å². The maximum Gasteiger partial charge on any atom is 0.244 e. The fourth-order valence-electron chi connectivity index (χ4n) is 3.83. The van der Waals surface area contributed by atoms with Crippen LogP contribution in [0, 0.1) is 0 Å². The molecule has 3 aromatic carbocycles. The molecule has 0 aliphatic rings. The lowest BCUT2D eigenvalue weighted by atomic mass is 10.2. The third-order valence-corrected chi connectivity index (χ3v) is 5.24. The average Bonchev–Trinajstić information content (AvgIpc) is 3.33. The van der Waals surface area contributed by atoms with Crippen LogP contribution in [-0.2, 0) is 17.9 Å². The molecule has 4 nitrogen and oxygen atoms in total. The molecule has 0 aliphatic heterocycles. The highest BCUT2D eigenvalue weighted by molar-refractivity contribution is 5.94. The van der Waals surface area contributed by atoms with E-state index < -0.39 is 0 Å². The van der Waals surface area contributed by atoms with Crippen LogP contribution in [0.2, 0.25) is 0 Å². The van der Waals surface area contributed by atoms with Gasteiger partial charge in [0.05, 0.1) is 0 Å². The Morgan fingerprint density at radius 2 is 1.45 bits per heavy atom. The summed E-state index contributed by atoms with van der Waals surface area (Å²) >= 11 is 0. The quantitative estimate of drug-likeness (QED) is 0.443. The first-order valence-electron chi connectivity index (χ1n) is 9.73. The number of aromatic nitrogens is 2. The summed E-state index contributed by atoms with van der Waals surface area (Å²) in [5.41, 5.74) is 4.30. The summed E-state index contributed by atoms with van der Waals surface area (Å²) in [6.07, 6.45) is 4.05. The number of nitrogens with zero attached hydrogens (tertiary/aromatic N) is 2. The van der Waals surface area contributed by atoms with Gasteiger partial charge in [-0.05, 0) is 47.3 Å². The van der Waals surface area contributed by atoms with Gasteiger partial charge < -0.3 is 14.5 Å². The van der Waals surface area contributed by atoms with Crippen LogP contribution in [0.15, 0.2) is 97.3 Å². The monoisotopic (exact) mass is 379 g/mol. The molecule has 0 aliphatic carbocycles. The molecule has 0 atom stereocenters. The first-order chi connectivity index (χ1) is 14.3. The van der Waals surface area contributed by atoms with E-state index in [1.807, 2.05) is 53.2 Å². The lowest BCUT2D eigenvalue weighted by molar-refractivity contribution is -0.116. The standard InChI is InChI=1S/C25H21N3O/c29-25(18-28-14-12-20-8-4-5-9-23(20)28)26-22-10-11-24-21(16-22)13-15-27(24)17-19-6-2-1-3-7-19/h1-16H,17-18H2,(H,26,29). The van der Waals surface area contributed by atoms with E-state index in [1.165, 1.54) is 5.56 Å². The van der Waals surface area contributed by atoms with Crippen molar-refractivity contribution in [2.45, 2.75) is 13.1 Å².